The molecule has 1 atom stereocenters. The van der Waals surface area contributed by atoms with Crippen LogP contribution in [-0.4, -0.2) is 29.6 Å². The van der Waals surface area contributed by atoms with E-state index >= 15 is 0 Å². The van der Waals surface area contributed by atoms with Gasteiger partial charge in [0.1, 0.15) is 5.82 Å². The van der Waals surface area contributed by atoms with Crippen LogP contribution in [0, 0.1) is 5.82 Å². The fourth-order valence-electron chi connectivity index (χ4n) is 2.70. The second kappa shape index (κ2) is 9.35. The number of nitrogens with one attached hydrogen (secondary N) is 2. The highest BCUT2D eigenvalue weighted by Crippen LogP contribution is 2.19. The van der Waals surface area contributed by atoms with Crippen molar-refractivity contribution in [2.45, 2.75) is 19.9 Å². The molecule has 2 aromatic carbocycles. The van der Waals surface area contributed by atoms with Gasteiger partial charge in [-0.1, -0.05) is 44.2 Å². The molecule has 0 aliphatic carbocycles. The van der Waals surface area contributed by atoms with E-state index in [1.54, 1.807) is 12.1 Å². The van der Waals surface area contributed by atoms with Gasteiger partial charge in [-0.2, -0.15) is 0 Å². The number of rotatable bonds is 7. The van der Waals surface area contributed by atoms with Crippen LogP contribution in [0.15, 0.2) is 54.6 Å². The van der Waals surface area contributed by atoms with E-state index in [9.17, 15) is 4.39 Å². The second-order valence-electron chi connectivity index (χ2n) is 5.49. The number of halogens is 1. The predicted molar refractivity (Wildman–Crippen MR) is 103 cm³/mol. The van der Waals surface area contributed by atoms with E-state index in [-0.39, 0.29) is 11.9 Å². The van der Waals surface area contributed by atoms with Crippen molar-refractivity contribution in [3.63, 3.8) is 0 Å². The molecular weight excluding hydrogens is 321 g/mol. The van der Waals surface area contributed by atoms with Crippen LogP contribution in [-0.2, 0) is 0 Å². The summed E-state index contributed by atoms with van der Waals surface area (Å²) in [5.41, 5.74) is 2.03. The minimum absolute atomic E-state index is 0.245. The summed E-state index contributed by atoms with van der Waals surface area (Å²) in [6.45, 7) is 6.97. The quantitative estimate of drug-likeness (QED) is 0.736. The number of benzene rings is 2. The molecule has 0 spiro atoms. The second-order valence-corrected chi connectivity index (χ2v) is 5.90. The highest BCUT2D eigenvalue weighted by Gasteiger charge is 2.17. The summed E-state index contributed by atoms with van der Waals surface area (Å²) in [5, 5.41) is 6.90. The molecule has 3 nitrogen and oxygen atoms in total. The Kier molecular flexibility index (Phi) is 7.15. The lowest BCUT2D eigenvalue weighted by Crippen LogP contribution is -2.39. The molecule has 0 unspecified atom stereocenters. The molecule has 0 saturated heterocycles. The first kappa shape index (κ1) is 18.4. The zero-order chi connectivity index (χ0) is 17.4. The van der Waals surface area contributed by atoms with E-state index in [1.165, 1.54) is 17.7 Å². The lowest BCUT2D eigenvalue weighted by Gasteiger charge is -2.30. The molecule has 2 N–H and O–H groups in total. The van der Waals surface area contributed by atoms with E-state index < -0.39 is 0 Å². The van der Waals surface area contributed by atoms with Crippen molar-refractivity contribution in [1.29, 1.82) is 0 Å². The average molecular weight is 345 g/mol. The first-order valence-corrected chi connectivity index (χ1v) is 8.64. The molecule has 0 heterocycles. The zero-order valence-electron chi connectivity index (χ0n) is 14.1. The maximum Gasteiger partial charge on any atom is 0.170 e. The van der Waals surface area contributed by atoms with Crippen LogP contribution in [0.25, 0.3) is 0 Å². The van der Waals surface area contributed by atoms with Gasteiger partial charge in [-0.25, -0.2) is 4.39 Å². The summed E-state index contributed by atoms with van der Waals surface area (Å²) < 4.78 is 13.0. The third-order valence-electron chi connectivity index (χ3n) is 4.00. The predicted octanol–water partition coefficient (Wildman–Crippen LogP) is 4.20. The fraction of sp³-hybridized carbons (Fsp3) is 0.316. The van der Waals surface area contributed by atoms with E-state index in [0.29, 0.717) is 11.7 Å². The zero-order valence-corrected chi connectivity index (χ0v) is 14.9. The van der Waals surface area contributed by atoms with Gasteiger partial charge in [0.2, 0.25) is 0 Å². The van der Waals surface area contributed by atoms with Crippen molar-refractivity contribution < 1.29 is 4.39 Å². The van der Waals surface area contributed by atoms with Gasteiger partial charge in [0.15, 0.2) is 5.11 Å². The maximum atomic E-state index is 13.0. The average Bonchev–Trinajstić information content (AvgIpc) is 2.61. The van der Waals surface area contributed by atoms with Crippen molar-refractivity contribution in [3.8, 4) is 0 Å². The SMILES string of the molecule is CCN(CC)[C@@H](CNC(=S)Nc1ccc(F)cc1)c1ccccc1. The summed E-state index contributed by atoms with van der Waals surface area (Å²) in [5.74, 6) is -0.259. The molecule has 0 radical (unpaired) electrons. The van der Waals surface area contributed by atoms with Gasteiger partial charge in [0, 0.05) is 12.2 Å². The molecule has 2 aromatic rings. The monoisotopic (exact) mass is 345 g/mol. The van der Waals surface area contributed by atoms with Crippen LogP contribution in [0.4, 0.5) is 10.1 Å². The van der Waals surface area contributed by atoms with Crippen molar-refractivity contribution in [2.75, 3.05) is 25.0 Å². The largest absolute Gasteiger partial charge is 0.361 e. The van der Waals surface area contributed by atoms with E-state index in [1.807, 2.05) is 6.07 Å². The lowest BCUT2D eigenvalue weighted by molar-refractivity contribution is 0.219. The number of hydrogen-bond donors (Lipinski definition) is 2. The molecule has 0 aliphatic heterocycles. The van der Waals surface area contributed by atoms with Gasteiger partial charge in [-0.3, -0.25) is 4.90 Å². The number of nitrogens with zero attached hydrogens (tertiary/aromatic N) is 1. The van der Waals surface area contributed by atoms with Gasteiger partial charge in [0.05, 0.1) is 6.04 Å². The van der Waals surface area contributed by atoms with Crippen molar-refractivity contribution in [3.05, 3.63) is 66.0 Å². The Morgan fingerprint density at radius 2 is 1.67 bits per heavy atom. The summed E-state index contributed by atoms with van der Waals surface area (Å²) in [6.07, 6.45) is 0. The van der Waals surface area contributed by atoms with Crippen LogP contribution < -0.4 is 10.6 Å². The van der Waals surface area contributed by atoms with Crippen LogP contribution in [0.5, 0.6) is 0 Å². The lowest BCUT2D eigenvalue weighted by atomic mass is 10.1. The van der Waals surface area contributed by atoms with Crippen molar-refractivity contribution >= 4 is 23.0 Å². The molecular formula is C19H24FN3S. The number of thiocarbonyl (C=S) groups is 1. The minimum atomic E-state index is -0.259. The third kappa shape index (κ3) is 5.28. The smallest absolute Gasteiger partial charge is 0.170 e. The third-order valence-corrected chi connectivity index (χ3v) is 4.24. The molecule has 5 heteroatoms. The van der Waals surface area contributed by atoms with Gasteiger partial charge >= 0.3 is 0 Å². The highest BCUT2D eigenvalue weighted by atomic mass is 32.1. The number of anilines is 1. The van der Waals surface area contributed by atoms with Crippen LogP contribution in [0.3, 0.4) is 0 Å². The molecule has 0 fully saturated rings. The van der Waals surface area contributed by atoms with E-state index in [0.717, 1.165) is 18.8 Å². The van der Waals surface area contributed by atoms with Gasteiger partial charge in [-0.05, 0) is 55.1 Å². The molecule has 24 heavy (non-hydrogen) atoms. The van der Waals surface area contributed by atoms with Crippen molar-refractivity contribution in [2.24, 2.45) is 0 Å². The van der Waals surface area contributed by atoms with Gasteiger partial charge in [-0.15, -0.1) is 0 Å². The summed E-state index contributed by atoms with van der Waals surface area (Å²) in [6, 6.07) is 16.8. The Balaban J connectivity index is 1.99. The molecule has 0 amide bonds. The highest BCUT2D eigenvalue weighted by molar-refractivity contribution is 7.80. The van der Waals surface area contributed by atoms with Gasteiger partial charge in [0.25, 0.3) is 0 Å². The van der Waals surface area contributed by atoms with E-state index in [2.05, 4.69) is 53.6 Å². The molecule has 128 valence electrons. The Hall–Kier alpha value is -1.98. The first-order chi connectivity index (χ1) is 11.6. The molecule has 0 bridgehead atoms. The normalized spacial score (nSPS) is 12.0. The summed E-state index contributed by atoms with van der Waals surface area (Å²) >= 11 is 5.36. The fourth-order valence-corrected chi connectivity index (χ4v) is 2.90. The van der Waals surface area contributed by atoms with Gasteiger partial charge < -0.3 is 10.6 Å². The Bertz CT molecular complexity index is 627. The molecule has 0 aromatic heterocycles. The maximum absolute atomic E-state index is 13.0. The topological polar surface area (TPSA) is 27.3 Å². The summed E-state index contributed by atoms with van der Waals surface area (Å²) in [7, 11) is 0. The van der Waals surface area contributed by atoms with E-state index in [4.69, 9.17) is 12.2 Å². The Morgan fingerprint density at radius 1 is 1.04 bits per heavy atom. The van der Waals surface area contributed by atoms with Crippen molar-refractivity contribution in [1.82, 2.24) is 10.2 Å². The molecule has 0 saturated carbocycles. The molecule has 0 aliphatic rings. The standard InChI is InChI=1S/C19H24FN3S/c1-3-23(4-2)18(15-8-6-5-7-9-15)14-21-19(24)22-17-12-10-16(20)11-13-17/h5-13,18H,3-4,14H2,1-2H3,(H2,21,22,24)/t18-/m0/s1. The number of likely N-dealkylation sites (N-methyl/N-ethyl adjacent to an activating group) is 1. The minimum Gasteiger partial charge on any atom is -0.361 e. The van der Waals surface area contributed by atoms with Crippen LogP contribution >= 0.6 is 12.2 Å². The van der Waals surface area contributed by atoms with Crippen LogP contribution in [0.1, 0.15) is 25.5 Å². The van der Waals surface area contributed by atoms with Crippen LogP contribution in [0.2, 0.25) is 0 Å². The Morgan fingerprint density at radius 3 is 2.25 bits per heavy atom. The molecule has 2 rings (SSSR count). The summed E-state index contributed by atoms with van der Waals surface area (Å²) in [4.78, 5) is 2.39. The number of hydrogen-bond acceptors (Lipinski definition) is 2. The Labute approximate surface area is 148 Å². The first-order valence-electron chi connectivity index (χ1n) is 8.23.